The third-order valence-corrected chi connectivity index (χ3v) is 3.40. The molecule has 1 saturated heterocycles. The molecule has 2 rings (SSSR count). The van der Waals surface area contributed by atoms with Crippen molar-refractivity contribution in [2.75, 3.05) is 0 Å². The molecule has 1 aromatic heterocycles. The number of nitrogens with one attached hydrogen (secondary N) is 1. The molecule has 1 aromatic rings. The van der Waals surface area contributed by atoms with Crippen LogP contribution in [0.4, 0.5) is 0 Å². The number of pyridine rings is 1. The first-order chi connectivity index (χ1) is 7.25. The summed E-state index contributed by atoms with van der Waals surface area (Å²) in [6, 6.07) is 3.71. The van der Waals surface area contributed by atoms with Crippen molar-refractivity contribution in [2.24, 2.45) is 0 Å². The summed E-state index contributed by atoms with van der Waals surface area (Å²) < 4.78 is 0. The summed E-state index contributed by atoms with van der Waals surface area (Å²) in [6.45, 7) is 0. The van der Waals surface area contributed by atoms with Gasteiger partial charge in [-0.2, -0.15) is 0 Å². The van der Waals surface area contributed by atoms with Crippen molar-refractivity contribution < 1.29 is 9.59 Å². The van der Waals surface area contributed by atoms with Crippen molar-refractivity contribution in [3.05, 3.63) is 24.5 Å². The van der Waals surface area contributed by atoms with Crippen LogP contribution in [0.25, 0.3) is 0 Å². The molecule has 5 heteroatoms. The molecule has 78 valence electrons. The third-order valence-electron chi connectivity index (χ3n) is 2.12. The van der Waals surface area contributed by atoms with E-state index in [1.807, 2.05) is 12.1 Å². The topological polar surface area (TPSA) is 59.1 Å². The van der Waals surface area contributed by atoms with Gasteiger partial charge in [0.05, 0.1) is 5.25 Å². The lowest BCUT2D eigenvalue weighted by atomic mass is 10.1. The van der Waals surface area contributed by atoms with E-state index in [1.54, 1.807) is 12.4 Å². The minimum Gasteiger partial charge on any atom is -0.295 e. The Bertz CT molecular complexity index is 380. The standard InChI is InChI=1S/C10H10N2O2S/c13-9-2-1-8(10(14)12-9)15-7-3-5-11-6-4-7/h3-6,8H,1-2H2,(H,12,13,14). The van der Waals surface area contributed by atoms with Crippen LogP contribution in [0.5, 0.6) is 0 Å². The molecule has 1 aliphatic rings. The van der Waals surface area contributed by atoms with E-state index in [-0.39, 0.29) is 17.1 Å². The van der Waals surface area contributed by atoms with E-state index in [0.717, 1.165) is 4.90 Å². The molecule has 1 aliphatic heterocycles. The van der Waals surface area contributed by atoms with E-state index in [1.165, 1.54) is 11.8 Å². The molecule has 0 radical (unpaired) electrons. The van der Waals surface area contributed by atoms with Gasteiger partial charge in [-0.1, -0.05) is 0 Å². The summed E-state index contributed by atoms with van der Waals surface area (Å²) in [4.78, 5) is 27.3. The van der Waals surface area contributed by atoms with Crippen molar-refractivity contribution >= 4 is 23.6 Å². The van der Waals surface area contributed by atoms with Gasteiger partial charge in [-0.25, -0.2) is 0 Å². The number of hydrogen-bond acceptors (Lipinski definition) is 4. The zero-order valence-corrected chi connectivity index (χ0v) is 8.79. The van der Waals surface area contributed by atoms with E-state index in [9.17, 15) is 9.59 Å². The van der Waals surface area contributed by atoms with Crippen LogP contribution in [0.2, 0.25) is 0 Å². The normalized spacial score (nSPS) is 21.2. The molecule has 1 unspecified atom stereocenters. The summed E-state index contributed by atoms with van der Waals surface area (Å²) >= 11 is 1.47. The van der Waals surface area contributed by atoms with Crippen molar-refractivity contribution in [3.8, 4) is 0 Å². The fraction of sp³-hybridized carbons (Fsp3) is 0.300. The lowest BCUT2D eigenvalue weighted by Gasteiger charge is -2.19. The highest BCUT2D eigenvalue weighted by molar-refractivity contribution is 8.00. The molecule has 1 atom stereocenters. The van der Waals surface area contributed by atoms with Crippen LogP contribution in [0.3, 0.4) is 0 Å². The van der Waals surface area contributed by atoms with Crippen molar-refractivity contribution in [1.29, 1.82) is 0 Å². The summed E-state index contributed by atoms with van der Waals surface area (Å²) in [5, 5.41) is 2.17. The Morgan fingerprint density at radius 3 is 2.73 bits per heavy atom. The molecule has 0 aliphatic carbocycles. The minimum atomic E-state index is -0.187. The Balaban J connectivity index is 2.01. The molecule has 1 N–H and O–H groups in total. The second kappa shape index (κ2) is 4.44. The van der Waals surface area contributed by atoms with E-state index in [2.05, 4.69) is 10.3 Å². The van der Waals surface area contributed by atoms with Crippen molar-refractivity contribution in [2.45, 2.75) is 23.0 Å². The van der Waals surface area contributed by atoms with Crippen LogP contribution < -0.4 is 5.32 Å². The average molecular weight is 222 g/mol. The minimum absolute atomic E-state index is 0.162. The predicted molar refractivity (Wildman–Crippen MR) is 56.3 cm³/mol. The van der Waals surface area contributed by atoms with Gasteiger partial charge < -0.3 is 0 Å². The van der Waals surface area contributed by atoms with Gasteiger partial charge in [0.15, 0.2) is 0 Å². The van der Waals surface area contributed by atoms with Crippen molar-refractivity contribution in [3.63, 3.8) is 0 Å². The Morgan fingerprint density at radius 2 is 2.07 bits per heavy atom. The summed E-state index contributed by atoms with van der Waals surface area (Å²) in [6.07, 6.45) is 4.41. The SMILES string of the molecule is O=C1CCC(Sc2ccncc2)C(=O)N1. The lowest BCUT2D eigenvalue weighted by molar-refractivity contribution is -0.132. The number of rotatable bonds is 2. The molecule has 0 spiro atoms. The maximum Gasteiger partial charge on any atom is 0.240 e. The van der Waals surface area contributed by atoms with Gasteiger partial charge in [-0.05, 0) is 18.6 Å². The third kappa shape index (κ3) is 2.56. The van der Waals surface area contributed by atoms with E-state index < -0.39 is 0 Å². The molecule has 2 heterocycles. The second-order valence-electron chi connectivity index (χ2n) is 3.24. The maximum absolute atomic E-state index is 11.4. The van der Waals surface area contributed by atoms with Crippen LogP contribution in [0, 0.1) is 0 Å². The zero-order chi connectivity index (χ0) is 10.7. The Labute approximate surface area is 91.5 Å². The van der Waals surface area contributed by atoms with E-state index in [4.69, 9.17) is 0 Å². The largest absolute Gasteiger partial charge is 0.295 e. The van der Waals surface area contributed by atoms with Gasteiger partial charge in [0.2, 0.25) is 11.8 Å². The Morgan fingerprint density at radius 1 is 1.33 bits per heavy atom. The molecule has 0 bridgehead atoms. The highest BCUT2D eigenvalue weighted by Crippen LogP contribution is 2.27. The van der Waals surface area contributed by atoms with Gasteiger partial charge in [0, 0.05) is 23.7 Å². The monoisotopic (exact) mass is 222 g/mol. The zero-order valence-electron chi connectivity index (χ0n) is 7.97. The first kappa shape index (κ1) is 10.2. The predicted octanol–water partition coefficient (Wildman–Crippen LogP) is 0.979. The molecule has 0 aromatic carbocycles. The quantitative estimate of drug-likeness (QED) is 0.758. The molecular weight excluding hydrogens is 212 g/mol. The molecule has 1 fully saturated rings. The number of aromatic nitrogens is 1. The number of amides is 2. The van der Waals surface area contributed by atoms with Crippen molar-refractivity contribution in [1.82, 2.24) is 10.3 Å². The van der Waals surface area contributed by atoms with Gasteiger partial charge in [-0.15, -0.1) is 11.8 Å². The number of carbonyl (C=O) groups is 2. The second-order valence-corrected chi connectivity index (χ2v) is 4.52. The fourth-order valence-electron chi connectivity index (χ4n) is 1.37. The van der Waals surface area contributed by atoms with Crippen LogP contribution in [0.1, 0.15) is 12.8 Å². The number of hydrogen-bond donors (Lipinski definition) is 1. The number of nitrogens with zero attached hydrogens (tertiary/aromatic N) is 1. The fourth-order valence-corrected chi connectivity index (χ4v) is 2.38. The highest BCUT2D eigenvalue weighted by Gasteiger charge is 2.27. The maximum atomic E-state index is 11.4. The number of imide groups is 1. The van der Waals surface area contributed by atoms with Crippen LogP contribution in [0.15, 0.2) is 29.4 Å². The first-order valence-electron chi connectivity index (χ1n) is 4.66. The van der Waals surface area contributed by atoms with Gasteiger partial charge in [-0.3, -0.25) is 19.9 Å². The molecule has 0 saturated carbocycles. The molecule has 4 nitrogen and oxygen atoms in total. The summed E-state index contributed by atoms with van der Waals surface area (Å²) in [5.74, 6) is -0.361. The van der Waals surface area contributed by atoms with Gasteiger partial charge in [0.1, 0.15) is 0 Å². The number of carbonyl (C=O) groups excluding carboxylic acids is 2. The van der Waals surface area contributed by atoms with Crippen LogP contribution in [-0.4, -0.2) is 22.0 Å². The summed E-state index contributed by atoms with van der Waals surface area (Å²) in [7, 11) is 0. The van der Waals surface area contributed by atoms with E-state index in [0.29, 0.717) is 12.8 Å². The van der Waals surface area contributed by atoms with Crippen LogP contribution in [-0.2, 0) is 9.59 Å². The van der Waals surface area contributed by atoms with Gasteiger partial charge >= 0.3 is 0 Å². The molecule has 2 amide bonds. The number of piperidine rings is 1. The lowest BCUT2D eigenvalue weighted by Crippen LogP contribution is -2.42. The highest BCUT2D eigenvalue weighted by atomic mass is 32.2. The smallest absolute Gasteiger partial charge is 0.240 e. The summed E-state index contributed by atoms with van der Waals surface area (Å²) in [5.41, 5.74) is 0. The first-order valence-corrected chi connectivity index (χ1v) is 5.54. The number of thioether (sulfide) groups is 1. The van der Waals surface area contributed by atoms with E-state index >= 15 is 0 Å². The van der Waals surface area contributed by atoms with Gasteiger partial charge in [0.25, 0.3) is 0 Å². The average Bonchev–Trinajstić information content (AvgIpc) is 2.24. The van der Waals surface area contributed by atoms with Crippen LogP contribution >= 0.6 is 11.8 Å². The molecule has 15 heavy (non-hydrogen) atoms. The Kier molecular flexibility index (Phi) is 3.01. The Hall–Kier alpha value is -1.36. The molecular formula is C10H10N2O2S.